The van der Waals surface area contributed by atoms with Gasteiger partial charge in [0.25, 0.3) is 0 Å². The molecule has 1 atom stereocenters. The molecule has 0 bridgehead atoms. The minimum atomic E-state index is 0.179. The van der Waals surface area contributed by atoms with E-state index < -0.39 is 0 Å². The fourth-order valence-electron chi connectivity index (χ4n) is 2.63. The lowest BCUT2D eigenvalue weighted by Crippen LogP contribution is -2.22. The zero-order valence-electron chi connectivity index (χ0n) is 13.0. The van der Waals surface area contributed by atoms with Gasteiger partial charge in [-0.1, -0.05) is 19.1 Å². The summed E-state index contributed by atoms with van der Waals surface area (Å²) in [6.45, 7) is 5.10. The number of rotatable bonds is 6. The highest BCUT2D eigenvalue weighted by atomic mass is 16.5. The average Bonchev–Trinajstić information content (AvgIpc) is 3.21. The minimum absolute atomic E-state index is 0.179. The summed E-state index contributed by atoms with van der Waals surface area (Å²) in [5.41, 5.74) is 3.55. The molecule has 4 heteroatoms. The van der Waals surface area contributed by atoms with Crippen LogP contribution in [-0.4, -0.2) is 22.4 Å². The Hall–Kier alpha value is -1.81. The Balaban J connectivity index is 1.84. The Morgan fingerprint density at radius 1 is 1.33 bits per heavy atom. The normalized spacial score (nSPS) is 16.0. The highest BCUT2D eigenvalue weighted by Gasteiger charge is 2.23. The van der Waals surface area contributed by atoms with E-state index in [1.165, 1.54) is 24.0 Å². The van der Waals surface area contributed by atoms with Crippen molar-refractivity contribution in [3.63, 3.8) is 0 Å². The van der Waals surface area contributed by atoms with Crippen LogP contribution >= 0.6 is 0 Å². The van der Waals surface area contributed by atoms with Gasteiger partial charge < -0.3 is 10.1 Å². The first-order valence-electron chi connectivity index (χ1n) is 7.67. The van der Waals surface area contributed by atoms with Crippen molar-refractivity contribution in [2.75, 3.05) is 6.54 Å². The second-order valence-corrected chi connectivity index (χ2v) is 5.72. The summed E-state index contributed by atoms with van der Waals surface area (Å²) in [6, 6.07) is 8.63. The molecule has 1 aliphatic carbocycles. The smallest absolute Gasteiger partial charge is 0.119 e. The van der Waals surface area contributed by atoms with Gasteiger partial charge in [-0.2, -0.15) is 5.10 Å². The van der Waals surface area contributed by atoms with Gasteiger partial charge in [0.1, 0.15) is 5.75 Å². The molecule has 4 nitrogen and oxygen atoms in total. The SMILES string of the molecule is CCNC(c1ccc(OC2CC2)cc1)c1cn(C)nc1C. The molecule has 0 saturated heterocycles. The first-order valence-corrected chi connectivity index (χ1v) is 7.67. The van der Waals surface area contributed by atoms with Crippen LogP contribution in [0.1, 0.15) is 42.6 Å². The molecule has 1 aromatic heterocycles. The first kappa shape index (κ1) is 14.1. The fourth-order valence-corrected chi connectivity index (χ4v) is 2.63. The van der Waals surface area contributed by atoms with Gasteiger partial charge in [0.05, 0.1) is 17.8 Å². The third kappa shape index (κ3) is 3.27. The highest BCUT2D eigenvalue weighted by Crippen LogP contribution is 2.29. The summed E-state index contributed by atoms with van der Waals surface area (Å²) in [5, 5.41) is 8.00. The number of ether oxygens (including phenoxy) is 1. The Bertz CT molecular complexity index is 599. The molecule has 1 fully saturated rings. The maximum atomic E-state index is 5.82. The minimum Gasteiger partial charge on any atom is -0.490 e. The van der Waals surface area contributed by atoms with Crippen molar-refractivity contribution in [1.82, 2.24) is 15.1 Å². The molecule has 0 aliphatic heterocycles. The number of aromatic nitrogens is 2. The third-order valence-electron chi connectivity index (χ3n) is 3.81. The van der Waals surface area contributed by atoms with Gasteiger partial charge in [-0.15, -0.1) is 0 Å². The van der Waals surface area contributed by atoms with E-state index in [0.29, 0.717) is 6.10 Å². The monoisotopic (exact) mass is 285 g/mol. The molecule has 1 unspecified atom stereocenters. The van der Waals surface area contributed by atoms with E-state index >= 15 is 0 Å². The molecule has 1 aliphatic rings. The molecule has 0 amide bonds. The standard InChI is InChI=1S/C17H23N3O/c1-4-18-17(16-11-20(3)19-12(16)2)13-5-7-14(8-6-13)21-15-9-10-15/h5-8,11,15,17-18H,4,9-10H2,1-3H3. The first-order chi connectivity index (χ1) is 10.2. The summed E-state index contributed by atoms with van der Waals surface area (Å²) >= 11 is 0. The van der Waals surface area contributed by atoms with Crippen LogP contribution in [-0.2, 0) is 7.05 Å². The van der Waals surface area contributed by atoms with Gasteiger partial charge in [-0.3, -0.25) is 4.68 Å². The molecule has 3 rings (SSSR count). The fraction of sp³-hybridized carbons (Fsp3) is 0.471. The molecule has 0 radical (unpaired) electrons. The lowest BCUT2D eigenvalue weighted by atomic mass is 9.99. The topological polar surface area (TPSA) is 39.1 Å². The van der Waals surface area contributed by atoms with E-state index in [-0.39, 0.29) is 6.04 Å². The number of hydrogen-bond donors (Lipinski definition) is 1. The number of benzene rings is 1. The summed E-state index contributed by atoms with van der Waals surface area (Å²) in [5.74, 6) is 0.972. The van der Waals surface area contributed by atoms with Gasteiger partial charge in [0.2, 0.25) is 0 Å². The van der Waals surface area contributed by atoms with Crippen molar-refractivity contribution in [3.05, 3.63) is 47.3 Å². The molecular formula is C17H23N3O. The van der Waals surface area contributed by atoms with Crippen LogP contribution in [0.4, 0.5) is 0 Å². The Morgan fingerprint density at radius 3 is 2.57 bits per heavy atom. The molecule has 1 aromatic carbocycles. The van der Waals surface area contributed by atoms with Crippen LogP contribution in [0.2, 0.25) is 0 Å². The molecule has 112 valence electrons. The zero-order valence-corrected chi connectivity index (χ0v) is 13.0. The van der Waals surface area contributed by atoms with Gasteiger partial charge in [0, 0.05) is 18.8 Å². The Labute approximate surface area is 126 Å². The van der Waals surface area contributed by atoms with Gasteiger partial charge >= 0.3 is 0 Å². The molecule has 0 spiro atoms. The third-order valence-corrected chi connectivity index (χ3v) is 3.81. The quantitative estimate of drug-likeness (QED) is 0.887. The number of hydrogen-bond acceptors (Lipinski definition) is 3. The number of aryl methyl sites for hydroxylation is 2. The molecule has 21 heavy (non-hydrogen) atoms. The van der Waals surface area contributed by atoms with Crippen LogP contribution in [0, 0.1) is 6.92 Å². The van der Waals surface area contributed by atoms with E-state index in [4.69, 9.17) is 4.74 Å². The lowest BCUT2D eigenvalue weighted by molar-refractivity contribution is 0.303. The number of nitrogens with one attached hydrogen (secondary N) is 1. The summed E-state index contributed by atoms with van der Waals surface area (Å²) in [6.07, 6.45) is 4.92. The lowest BCUT2D eigenvalue weighted by Gasteiger charge is -2.18. The van der Waals surface area contributed by atoms with Crippen LogP contribution in [0.5, 0.6) is 5.75 Å². The van der Waals surface area contributed by atoms with Crippen molar-refractivity contribution in [3.8, 4) is 5.75 Å². The molecular weight excluding hydrogens is 262 g/mol. The van der Waals surface area contributed by atoms with E-state index in [2.05, 4.69) is 54.7 Å². The maximum Gasteiger partial charge on any atom is 0.119 e. The van der Waals surface area contributed by atoms with Gasteiger partial charge in [-0.05, 0) is 44.0 Å². The largest absolute Gasteiger partial charge is 0.490 e. The molecule has 1 saturated carbocycles. The van der Waals surface area contributed by atoms with E-state index in [1.54, 1.807) is 0 Å². The molecule has 1 heterocycles. The predicted molar refractivity (Wildman–Crippen MR) is 83.6 cm³/mol. The Morgan fingerprint density at radius 2 is 2.05 bits per heavy atom. The Kier molecular flexibility index (Phi) is 3.97. The van der Waals surface area contributed by atoms with Crippen LogP contribution in [0.15, 0.2) is 30.5 Å². The van der Waals surface area contributed by atoms with Crippen molar-refractivity contribution in [1.29, 1.82) is 0 Å². The van der Waals surface area contributed by atoms with E-state index in [1.807, 2.05) is 11.7 Å². The van der Waals surface area contributed by atoms with E-state index in [9.17, 15) is 0 Å². The average molecular weight is 285 g/mol. The van der Waals surface area contributed by atoms with Crippen molar-refractivity contribution in [2.45, 2.75) is 38.8 Å². The van der Waals surface area contributed by atoms with Crippen molar-refractivity contribution in [2.24, 2.45) is 7.05 Å². The predicted octanol–water partition coefficient (Wildman–Crippen LogP) is 2.97. The van der Waals surface area contributed by atoms with Gasteiger partial charge in [-0.25, -0.2) is 0 Å². The molecule has 1 N–H and O–H groups in total. The zero-order chi connectivity index (χ0) is 14.8. The van der Waals surface area contributed by atoms with Crippen LogP contribution < -0.4 is 10.1 Å². The van der Waals surface area contributed by atoms with E-state index in [0.717, 1.165) is 18.0 Å². The van der Waals surface area contributed by atoms with Crippen LogP contribution in [0.3, 0.4) is 0 Å². The molecule has 2 aromatic rings. The summed E-state index contributed by atoms with van der Waals surface area (Å²) in [4.78, 5) is 0. The maximum absolute atomic E-state index is 5.82. The second-order valence-electron chi connectivity index (χ2n) is 5.72. The van der Waals surface area contributed by atoms with Crippen molar-refractivity contribution < 1.29 is 4.74 Å². The van der Waals surface area contributed by atoms with Crippen LogP contribution in [0.25, 0.3) is 0 Å². The number of nitrogens with zero attached hydrogens (tertiary/aromatic N) is 2. The second kappa shape index (κ2) is 5.90. The summed E-state index contributed by atoms with van der Waals surface area (Å²) in [7, 11) is 1.96. The van der Waals surface area contributed by atoms with Crippen molar-refractivity contribution >= 4 is 0 Å². The van der Waals surface area contributed by atoms with Gasteiger partial charge in [0.15, 0.2) is 0 Å². The highest BCUT2D eigenvalue weighted by molar-refractivity contribution is 5.36. The summed E-state index contributed by atoms with van der Waals surface area (Å²) < 4.78 is 7.69.